The van der Waals surface area contributed by atoms with Crippen molar-refractivity contribution in [3.05, 3.63) is 12.2 Å². The number of carbonyl (C=O) groups excluding carboxylic acids is 1. The van der Waals surface area contributed by atoms with Gasteiger partial charge in [0.05, 0.1) is 18.8 Å². The molecule has 0 spiro atoms. The average Bonchev–Trinajstić information content (AvgIpc) is 2.97. The van der Waals surface area contributed by atoms with Crippen molar-refractivity contribution >= 4 is 5.91 Å². The van der Waals surface area contributed by atoms with E-state index >= 15 is 0 Å². The summed E-state index contributed by atoms with van der Waals surface area (Å²) in [6, 6.07) is -0.614. The first-order chi connectivity index (χ1) is 20.2. The van der Waals surface area contributed by atoms with Gasteiger partial charge in [-0.3, -0.25) is 4.79 Å². The minimum Gasteiger partial charge on any atom is -0.394 e. The van der Waals surface area contributed by atoms with Gasteiger partial charge in [0.15, 0.2) is 0 Å². The molecule has 244 valence electrons. The van der Waals surface area contributed by atoms with Crippen molar-refractivity contribution in [1.82, 2.24) is 5.32 Å². The van der Waals surface area contributed by atoms with Gasteiger partial charge in [0.25, 0.3) is 0 Å². The quantitative estimate of drug-likeness (QED) is 0.0535. The predicted octanol–water partition coefficient (Wildman–Crippen LogP) is 10.7. The molecule has 0 aromatic rings. The summed E-state index contributed by atoms with van der Waals surface area (Å²) < 4.78 is 0. The molecule has 0 aliphatic rings. The lowest BCUT2D eigenvalue weighted by atomic mass is 10.0. The summed E-state index contributed by atoms with van der Waals surface area (Å²) >= 11 is 0. The van der Waals surface area contributed by atoms with Crippen molar-refractivity contribution in [3.8, 4) is 0 Å². The van der Waals surface area contributed by atoms with Gasteiger partial charge < -0.3 is 15.5 Å². The van der Waals surface area contributed by atoms with Crippen LogP contribution in [0.3, 0.4) is 0 Å². The topological polar surface area (TPSA) is 69.6 Å². The highest BCUT2D eigenvalue weighted by Gasteiger charge is 2.17. The third kappa shape index (κ3) is 30.4. The maximum atomic E-state index is 12.3. The summed E-state index contributed by atoms with van der Waals surface area (Å²) in [7, 11) is 0. The summed E-state index contributed by atoms with van der Waals surface area (Å²) in [4.78, 5) is 12.3. The number of amides is 1. The zero-order chi connectivity index (χ0) is 30.1. The monoisotopic (exact) mass is 580 g/mol. The normalized spacial score (nSPS) is 13.2. The second kappa shape index (κ2) is 33.6. The van der Waals surface area contributed by atoms with Gasteiger partial charge in [-0.25, -0.2) is 0 Å². The summed E-state index contributed by atoms with van der Waals surface area (Å²) in [6.45, 7) is 4.30. The van der Waals surface area contributed by atoms with Gasteiger partial charge in [0.2, 0.25) is 5.91 Å². The molecule has 0 saturated heterocycles. The van der Waals surface area contributed by atoms with Crippen molar-refractivity contribution in [2.24, 2.45) is 0 Å². The highest BCUT2D eigenvalue weighted by atomic mass is 16.3. The molecule has 0 aromatic carbocycles. The van der Waals surface area contributed by atoms with Gasteiger partial charge in [0, 0.05) is 6.42 Å². The lowest BCUT2D eigenvalue weighted by molar-refractivity contribution is -0.123. The number of carbonyl (C=O) groups is 1. The molecule has 2 atom stereocenters. The van der Waals surface area contributed by atoms with Gasteiger partial charge in [-0.15, -0.1) is 0 Å². The van der Waals surface area contributed by atoms with E-state index in [9.17, 15) is 15.0 Å². The summed E-state index contributed by atoms with van der Waals surface area (Å²) in [6.07, 6.45) is 40.0. The molecule has 0 heterocycles. The Hall–Kier alpha value is -0.870. The van der Waals surface area contributed by atoms with Crippen LogP contribution in [-0.2, 0) is 4.79 Å². The van der Waals surface area contributed by atoms with Crippen molar-refractivity contribution in [3.63, 3.8) is 0 Å². The van der Waals surface area contributed by atoms with Crippen LogP contribution in [0.5, 0.6) is 0 Å². The van der Waals surface area contributed by atoms with E-state index in [1.165, 1.54) is 154 Å². The molecule has 0 aromatic heterocycles. The van der Waals surface area contributed by atoms with Gasteiger partial charge >= 0.3 is 0 Å². The number of unbranched alkanes of at least 4 members (excludes halogenated alkanes) is 26. The second-order valence-corrected chi connectivity index (χ2v) is 12.7. The standard InChI is InChI=1S/C37H73NO3/c1-3-5-7-9-11-13-15-17-19-21-23-25-27-29-31-33-37(41)38-35(34-39)36(40)32-30-28-26-24-22-20-18-16-14-12-10-8-6-4-2/h30,32,35-36,39-40H,3-29,31,33-34H2,1-2H3,(H,38,41)/b32-30+. The van der Waals surface area contributed by atoms with Gasteiger partial charge in [-0.05, 0) is 19.3 Å². The van der Waals surface area contributed by atoms with Crippen molar-refractivity contribution in [1.29, 1.82) is 0 Å². The molecule has 0 saturated carbocycles. The molecule has 41 heavy (non-hydrogen) atoms. The van der Waals surface area contributed by atoms with E-state index in [2.05, 4.69) is 19.2 Å². The first-order valence-electron chi connectivity index (χ1n) is 18.4. The van der Waals surface area contributed by atoms with Crippen molar-refractivity contribution in [2.45, 2.75) is 212 Å². The fraction of sp³-hybridized carbons (Fsp3) is 0.919. The molecular formula is C37H73NO3. The Morgan fingerprint density at radius 1 is 0.561 bits per heavy atom. The number of aliphatic hydroxyl groups excluding tert-OH is 2. The molecule has 0 radical (unpaired) electrons. The fourth-order valence-electron chi connectivity index (χ4n) is 5.65. The van der Waals surface area contributed by atoms with Crippen molar-refractivity contribution in [2.75, 3.05) is 6.61 Å². The Balaban J connectivity index is 3.59. The highest BCUT2D eigenvalue weighted by molar-refractivity contribution is 5.76. The summed E-state index contributed by atoms with van der Waals surface area (Å²) in [5.41, 5.74) is 0. The first-order valence-corrected chi connectivity index (χ1v) is 18.4. The van der Waals surface area contributed by atoms with Crippen LogP contribution >= 0.6 is 0 Å². The van der Waals surface area contributed by atoms with E-state index in [0.717, 1.165) is 25.7 Å². The highest BCUT2D eigenvalue weighted by Crippen LogP contribution is 2.15. The minimum absolute atomic E-state index is 0.0628. The average molecular weight is 580 g/mol. The van der Waals surface area contributed by atoms with Crippen molar-refractivity contribution < 1.29 is 15.0 Å². The zero-order valence-corrected chi connectivity index (χ0v) is 27.8. The van der Waals surface area contributed by atoms with E-state index in [0.29, 0.717) is 6.42 Å². The van der Waals surface area contributed by atoms with E-state index in [4.69, 9.17) is 0 Å². The predicted molar refractivity (Wildman–Crippen MR) is 179 cm³/mol. The molecule has 1 amide bonds. The van der Waals surface area contributed by atoms with Crippen LogP contribution in [0, 0.1) is 0 Å². The molecule has 0 bridgehead atoms. The van der Waals surface area contributed by atoms with Crippen LogP contribution in [0.15, 0.2) is 12.2 Å². The Morgan fingerprint density at radius 3 is 1.27 bits per heavy atom. The smallest absolute Gasteiger partial charge is 0.220 e. The number of aliphatic hydroxyl groups is 2. The third-order valence-corrected chi connectivity index (χ3v) is 8.52. The molecule has 4 heteroatoms. The van der Waals surface area contributed by atoms with E-state index in [1.807, 2.05) is 6.08 Å². The van der Waals surface area contributed by atoms with Crippen LogP contribution in [0.25, 0.3) is 0 Å². The molecule has 0 aliphatic heterocycles. The minimum atomic E-state index is -0.831. The van der Waals surface area contributed by atoms with Gasteiger partial charge in [0.1, 0.15) is 0 Å². The van der Waals surface area contributed by atoms with Gasteiger partial charge in [-0.2, -0.15) is 0 Å². The number of hydrogen-bond donors (Lipinski definition) is 3. The molecule has 2 unspecified atom stereocenters. The number of allylic oxidation sites excluding steroid dienone is 1. The largest absolute Gasteiger partial charge is 0.394 e. The van der Waals surface area contributed by atoms with Crippen LogP contribution in [-0.4, -0.2) is 34.9 Å². The molecule has 0 fully saturated rings. The molecule has 3 N–H and O–H groups in total. The van der Waals surface area contributed by atoms with Crippen LogP contribution in [0.4, 0.5) is 0 Å². The van der Waals surface area contributed by atoms with E-state index in [-0.39, 0.29) is 12.5 Å². The maximum absolute atomic E-state index is 12.3. The molecule has 0 rings (SSSR count). The molecule has 0 aliphatic carbocycles. The Morgan fingerprint density at radius 2 is 0.902 bits per heavy atom. The maximum Gasteiger partial charge on any atom is 0.220 e. The molecule has 4 nitrogen and oxygen atoms in total. The fourth-order valence-corrected chi connectivity index (χ4v) is 5.65. The number of rotatable bonds is 33. The Labute approximate surface area is 256 Å². The summed E-state index contributed by atoms with van der Waals surface area (Å²) in [5.74, 6) is -0.0628. The zero-order valence-electron chi connectivity index (χ0n) is 27.8. The lowest BCUT2D eigenvalue weighted by Crippen LogP contribution is -2.45. The van der Waals surface area contributed by atoms with Crippen LogP contribution in [0.1, 0.15) is 200 Å². The number of hydrogen-bond acceptors (Lipinski definition) is 3. The Bertz CT molecular complexity index is 550. The summed E-state index contributed by atoms with van der Waals surface area (Å²) in [5, 5.41) is 22.9. The molecular weight excluding hydrogens is 506 g/mol. The van der Waals surface area contributed by atoms with Crippen LogP contribution in [0.2, 0.25) is 0 Å². The Kier molecular flexibility index (Phi) is 32.9. The SMILES string of the molecule is CCCCCCCCCCCCCC/C=C/C(O)C(CO)NC(=O)CCCCCCCCCCCCCCCCC. The van der Waals surface area contributed by atoms with E-state index < -0.39 is 12.1 Å². The second-order valence-electron chi connectivity index (χ2n) is 12.7. The van der Waals surface area contributed by atoms with E-state index in [1.54, 1.807) is 6.08 Å². The lowest BCUT2D eigenvalue weighted by Gasteiger charge is -2.20. The first kappa shape index (κ1) is 40.1. The number of nitrogens with one attached hydrogen (secondary N) is 1. The van der Waals surface area contributed by atoms with Gasteiger partial charge in [-0.1, -0.05) is 187 Å². The van der Waals surface area contributed by atoms with Crippen LogP contribution < -0.4 is 5.32 Å². The third-order valence-electron chi connectivity index (χ3n) is 8.52.